The summed E-state index contributed by atoms with van der Waals surface area (Å²) in [5.74, 6) is -0.924. The molecule has 1 amide bonds. The molecule has 3 aromatic rings. The fourth-order valence-corrected chi connectivity index (χ4v) is 2.69. The van der Waals surface area contributed by atoms with E-state index in [0.29, 0.717) is 12.1 Å². The Morgan fingerprint density at radius 1 is 1.20 bits per heavy atom. The van der Waals surface area contributed by atoms with Gasteiger partial charge in [0.2, 0.25) is 0 Å². The molecule has 0 aliphatic heterocycles. The summed E-state index contributed by atoms with van der Waals surface area (Å²) in [6, 6.07) is 13.5. The van der Waals surface area contributed by atoms with Gasteiger partial charge >= 0.3 is 0 Å². The lowest BCUT2D eigenvalue weighted by Crippen LogP contribution is -2.16. The number of hydroxylamine groups is 2. The average Bonchev–Trinajstić information content (AvgIpc) is 2.61. The minimum Gasteiger partial charge on any atom is -0.364 e. The summed E-state index contributed by atoms with van der Waals surface area (Å²) in [6.07, 6.45) is 0. The molecule has 0 unspecified atom stereocenters. The molecule has 1 aromatic heterocycles. The highest BCUT2D eigenvalue weighted by molar-refractivity contribution is 6.00. The lowest BCUT2D eigenvalue weighted by molar-refractivity contribution is -0.116. The van der Waals surface area contributed by atoms with Crippen LogP contribution in [0.3, 0.4) is 0 Å². The largest absolute Gasteiger partial charge is 0.364 e. The van der Waals surface area contributed by atoms with Crippen molar-refractivity contribution in [1.82, 2.24) is 10.0 Å². The molecule has 0 spiro atoms. The summed E-state index contributed by atoms with van der Waals surface area (Å²) in [6.45, 7) is 0.570. The Labute approximate surface area is 144 Å². The number of rotatable bonds is 5. The molecule has 0 fully saturated rings. The van der Waals surface area contributed by atoms with Gasteiger partial charge in [-0.15, -0.1) is 0 Å². The third kappa shape index (κ3) is 3.65. The molecule has 128 valence electrons. The Morgan fingerprint density at radius 2 is 1.92 bits per heavy atom. The highest BCUT2D eigenvalue weighted by atomic mass is 19.1. The number of nitrogens with zero attached hydrogens (tertiary/aromatic N) is 2. The average molecular weight is 339 g/mol. The van der Waals surface area contributed by atoms with Gasteiger partial charge in [0.15, 0.2) is 0 Å². The van der Waals surface area contributed by atoms with Crippen molar-refractivity contribution in [3.05, 3.63) is 65.6 Å². The topological polar surface area (TPSA) is 68.5 Å². The number of hydrogen-bond donors (Lipinski definition) is 1. The maximum Gasteiger partial charge on any atom is 0.267 e. The molecular weight excluding hydrogens is 321 g/mol. The van der Waals surface area contributed by atoms with Crippen molar-refractivity contribution in [2.24, 2.45) is 5.73 Å². The van der Waals surface area contributed by atoms with E-state index >= 15 is 0 Å². The highest BCUT2D eigenvalue weighted by Gasteiger charge is 2.12. The van der Waals surface area contributed by atoms with Gasteiger partial charge in [-0.25, -0.2) is 9.37 Å². The predicted molar refractivity (Wildman–Crippen MR) is 94.1 cm³/mol. The summed E-state index contributed by atoms with van der Waals surface area (Å²) < 4.78 is 13.2. The summed E-state index contributed by atoms with van der Waals surface area (Å²) in [5, 5.41) is 2.54. The fourth-order valence-electron chi connectivity index (χ4n) is 2.69. The van der Waals surface area contributed by atoms with Gasteiger partial charge in [-0.2, -0.15) is 5.06 Å². The van der Waals surface area contributed by atoms with Crippen molar-refractivity contribution in [2.45, 2.75) is 6.54 Å². The van der Waals surface area contributed by atoms with Crippen LogP contribution >= 0.6 is 0 Å². The van der Waals surface area contributed by atoms with Gasteiger partial charge in [0.1, 0.15) is 11.5 Å². The maximum atomic E-state index is 13.2. The zero-order chi connectivity index (χ0) is 18.0. The lowest BCUT2D eigenvalue weighted by Gasteiger charge is -2.14. The van der Waals surface area contributed by atoms with Crippen LogP contribution < -0.4 is 5.73 Å². The number of pyridine rings is 1. The molecule has 3 rings (SSSR count). The number of halogens is 1. The molecule has 5 nitrogen and oxygen atoms in total. The Hall–Kier alpha value is -2.83. The first-order chi connectivity index (χ1) is 12.0. The van der Waals surface area contributed by atoms with E-state index in [1.165, 1.54) is 12.1 Å². The first kappa shape index (κ1) is 17.0. The Kier molecular flexibility index (Phi) is 4.74. The van der Waals surface area contributed by atoms with E-state index in [1.54, 1.807) is 30.4 Å². The highest BCUT2D eigenvalue weighted by Crippen LogP contribution is 2.29. The van der Waals surface area contributed by atoms with Gasteiger partial charge in [0.25, 0.3) is 5.91 Å². The summed E-state index contributed by atoms with van der Waals surface area (Å²) in [5.41, 5.74) is 8.80. The summed E-state index contributed by atoms with van der Waals surface area (Å²) >= 11 is 0. The van der Waals surface area contributed by atoms with Crippen LogP contribution in [0.1, 0.15) is 16.1 Å². The minimum atomic E-state index is -0.607. The van der Waals surface area contributed by atoms with Gasteiger partial charge in [-0.3, -0.25) is 4.79 Å². The number of carbonyl (C=O) groups is 1. The predicted octanol–water partition coefficient (Wildman–Crippen LogP) is 3.13. The van der Waals surface area contributed by atoms with E-state index in [1.807, 2.05) is 25.2 Å². The Bertz CT molecular complexity index is 926. The second-order valence-electron chi connectivity index (χ2n) is 5.75. The first-order valence-electron chi connectivity index (χ1n) is 7.72. The third-order valence-corrected chi connectivity index (χ3v) is 4.00. The van der Waals surface area contributed by atoms with Gasteiger partial charge in [-0.1, -0.05) is 24.3 Å². The van der Waals surface area contributed by atoms with Crippen LogP contribution in [0, 0.1) is 5.82 Å². The molecule has 1 heterocycles. The van der Waals surface area contributed by atoms with Crippen molar-refractivity contribution in [3.8, 4) is 11.1 Å². The Balaban J connectivity index is 2.18. The first-order valence-corrected chi connectivity index (χ1v) is 7.72. The normalized spacial score (nSPS) is 11.2. The molecule has 25 heavy (non-hydrogen) atoms. The van der Waals surface area contributed by atoms with E-state index < -0.39 is 5.91 Å². The van der Waals surface area contributed by atoms with Gasteiger partial charge in [0, 0.05) is 19.0 Å². The molecule has 0 radical (unpaired) electrons. The van der Waals surface area contributed by atoms with Crippen molar-refractivity contribution in [3.63, 3.8) is 0 Å². The van der Waals surface area contributed by atoms with Crippen LogP contribution in [0.2, 0.25) is 0 Å². The van der Waals surface area contributed by atoms with Crippen LogP contribution in [0.25, 0.3) is 22.0 Å². The van der Waals surface area contributed by atoms with Crippen LogP contribution in [0.4, 0.5) is 4.39 Å². The molecule has 2 N–H and O–H groups in total. The number of benzene rings is 2. The number of hydrogen-bond acceptors (Lipinski definition) is 4. The molecule has 0 aliphatic carbocycles. The number of aromatic nitrogens is 1. The monoisotopic (exact) mass is 339 g/mol. The quantitative estimate of drug-likeness (QED) is 0.725. The van der Waals surface area contributed by atoms with Crippen molar-refractivity contribution in [2.75, 3.05) is 14.2 Å². The third-order valence-electron chi connectivity index (χ3n) is 4.00. The fraction of sp³-hybridized carbons (Fsp3) is 0.158. The van der Waals surface area contributed by atoms with Crippen molar-refractivity contribution < 1.29 is 14.0 Å². The Morgan fingerprint density at radius 3 is 2.56 bits per heavy atom. The lowest BCUT2D eigenvalue weighted by atomic mass is 9.98. The van der Waals surface area contributed by atoms with E-state index in [-0.39, 0.29) is 11.5 Å². The zero-order valence-electron chi connectivity index (χ0n) is 14.0. The van der Waals surface area contributed by atoms with Gasteiger partial charge in [0.05, 0.1) is 12.6 Å². The van der Waals surface area contributed by atoms with Crippen LogP contribution in [-0.2, 0) is 11.4 Å². The van der Waals surface area contributed by atoms with Crippen molar-refractivity contribution in [1.29, 1.82) is 0 Å². The van der Waals surface area contributed by atoms with E-state index in [4.69, 9.17) is 10.6 Å². The molecule has 0 bridgehead atoms. The second-order valence-corrected chi connectivity index (χ2v) is 5.75. The molecule has 0 saturated carbocycles. The standard InChI is InChI=1S/C19H18FN3O2/c1-23(25-2)11-12-3-8-15-16(13-4-6-14(20)7-5-13)10-18(19(21)24)22-17(15)9-12/h3-10H,11H2,1-2H3,(H2,21,24). The number of primary amides is 1. The summed E-state index contributed by atoms with van der Waals surface area (Å²) in [4.78, 5) is 21.2. The molecule has 0 saturated heterocycles. The molecule has 6 heteroatoms. The van der Waals surface area contributed by atoms with E-state index in [0.717, 1.165) is 22.1 Å². The van der Waals surface area contributed by atoms with E-state index in [2.05, 4.69) is 4.98 Å². The molecule has 2 aromatic carbocycles. The number of carbonyl (C=O) groups excluding carboxylic acids is 1. The van der Waals surface area contributed by atoms with E-state index in [9.17, 15) is 9.18 Å². The minimum absolute atomic E-state index is 0.170. The summed E-state index contributed by atoms with van der Waals surface area (Å²) in [7, 11) is 3.42. The number of fused-ring (bicyclic) bond motifs is 1. The van der Waals surface area contributed by atoms with Crippen LogP contribution in [0.5, 0.6) is 0 Å². The molecule has 0 aliphatic rings. The van der Waals surface area contributed by atoms with Crippen LogP contribution in [0.15, 0.2) is 48.5 Å². The van der Waals surface area contributed by atoms with Crippen LogP contribution in [-0.4, -0.2) is 30.1 Å². The zero-order valence-corrected chi connectivity index (χ0v) is 14.0. The smallest absolute Gasteiger partial charge is 0.267 e. The maximum absolute atomic E-state index is 13.2. The number of nitrogens with two attached hydrogens (primary N) is 1. The van der Waals surface area contributed by atoms with Crippen molar-refractivity contribution >= 4 is 16.8 Å². The number of amides is 1. The molecular formula is C19H18FN3O2. The second kappa shape index (κ2) is 6.96. The van der Waals surface area contributed by atoms with Gasteiger partial charge in [-0.05, 0) is 41.0 Å². The molecule has 0 atom stereocenters. The van der Waals surface area contributed by atoms with Gasteiger partial charge < -0.3 is 10.6 Å². The SMILES string of the molecule is CON(C)Cc1ccc2c(-c3ccc(F)cc3)cc(C(N)=O)nc2c1.